The fourth-order valence-electron chi connectivity index (χ4n) is 3.91. The summed E-state index contributed by atoms with van der Waals surface area (Å²) in [5.41, 5.74) is 1.71. The van der Waals surface area contributed by atoms with Crippen molar-refractivity contribution in [2.45, 2.75) is 71.1 Å². The van der Waals surface area contributed by atoms with Crippen LogP contribution in [0.4, 0.5) is 5.00 Å². The SMILES string of the molecule is CCOC(=O)c1c(NC(=O)CCC2CCCCC2)sc2c1CCC2. The van der Waals surface area contributed by atoms with E-state index in [1.807, 2.05) is 6.92 Å². The van der Waals surface area contributed by atoms with Crippen molar-refractivity contribution < 1.29 is 14.3 Å². The van der Waals surface area contributed by atoms with Gasteiger partial charge in [0.15, 0.2) is 0 Å². The number of ether oxygens (including phenoxy) is 1. The minimum Gasteiger partial charge on any atom is -0.462 e. The van der Waals surface area contributed by atoms with Crippen LogP contribution in [0.1, 0.15) is 79.1 Å². The predicted octanol–water partition coefficient (Wildman–Crippen LogP) is 4.71. The van der Waals surface area contributed by atoms with E-state index >= 15 is 0 Å². The molecule has 1 heterocycles. The number of rotatable bonds is 6. The first kappa shape index (κ1) is 17.5. The molecule has 2 aliphatic carbocycles. The summed E-state index contributed by atoms with van der Waals surface area (Å²) >= 11 is 1.56. The summed E-state index contributed by atoms with van der Waals surface area (Å²) in [4.78, 5) is 25.9. The zero-order valence-electron chi connectivity index (χ0n) is 14.5. The summed E-state index contributed by atoms with van der Waals surface area (Å²) in [6.45, 7) is 2.17. The zero-order valence-corrected chi connectivity index (χ0v) is 15.3. The van der Waals surface area contributed by atoms with Crippen molar-refractivity contribution >= 4 is 28.2 Å². The van der Waals surface area contributed by atoms with E-state index in [1.54, 1.807) is 11.3 Å². The van der Waals surface area contributed by atoms with Crippen LogP contribution in [0.2, 0.25) is 0 Å². The number of fused-ring (bicyclic) bond motifs is 1. The van der Waals surface area contributed by atoms with E-state index < -0.39 is 0 Å². The van der Waals surface area contributed by atoms with Gasteiger partial charge >= 0.3 is 5.97 Å². The molecule has 1 aromatic rings. The summed E-state index contributed by atoms with van der Waals surface area (Å²) in [6.07, 6.45) is 11.0. The average molecular weight is 349 g/mol. The maximum atomic E-state index is 12.4. The van der Waals surface area contributed by atoms with Gasteiger partial charge in [0.25, 0.3) is 0 Å². The summed E-state index contributed by atoms with van der Waals surface area (Å²) in [7, 11) is 0. The van der Waals surface area contributed by atoms with Crippen molar-refractivity contribution in [1.29, 1.82) is 0 Å². The first-order chi connectivity index (χ1) is 11.7. The lowest BCUT2D eigenvalue weighted by Crippen LogP contribution is -2.16. The van der Waals surface area contributed by atoms with Crippen LogP contribution in [0.5, 0.6) is 0 Å². The average Bonchev–Trinajstić information content (AvgIpc) is 3.14. The molecule has 1 amide bonds. The first-order valence-electron chi connectivity index (χ1n) is 9.30. The molecule has 0 saturated heterocycles. The molecule has 1 fully saturated rings. The lowest BCUT2D eigenvalue weighted by molar-refractivity contribution is -0.116. The van der Waals surface area contributed by atoms with Gasteiger partial charge in [-0.1, -0.05) is 32.1 Å². The molecule has 5 heteroatoms. The first-order valence-corrected chi connectivity index (χ1v) is 10.1. The Labute approximate surface area is 148 Å². The Kier molecular flexibility index (Phi) is 5.93. The van der Waals surface area contributed by atoms with Crippen LogP contribution in [-0.4, -0.2) is 18.5 Å². The van der Waals surface area contributed by atoms with Crippen molar-refractivity contribution in [3.8, 4) is 0 Å². The van der Waals surface area contributed by atoms with E-state index in [1.165, 1.54) is 37.0 Å². The maximum absolute atomic E-state index is 12.4. The molecule has 1 saturated carbocycles. The van der Waals surface area contributed by atoms with Gasteiger partial charge in [-0.05, 0) is 44.1 Å². The van der Waals surface area contributed by atoms with Crippen molar-refractivity contribution in [2.75, 3.05) is 11.9 Å². The molecule has 132 valence electrons. The highest BCUT2D eigenvalue weighted by atomic mass is 32.1. The highest BCUT2D eigenvalue weighted by Gasteiger charge is 2.28. The van der Waals surface area contributed by atoms with Gasteiger partial charge < -0.3 is 10.1 Å². The quantitative estimate of drug-likeness (QED) is 0.757. The Morgan fingerprint density at radius 1 is 1.17 bits per heavy atom. The third-order valence-electron chi connectivity index (χ3n) is 5.16. The van der Waals surface area contributed by atoms with Crippen LogP contribution in [0.25, 0.3) is 0 Å². The predicted molar refractivity (Wildman–Crippen MR) is 96.7 cm³/mol. The molecule has 4 nitrogen and oxygen atoms in total. The molecule has 0 aliphatic heterocycles. The Morgan fingerprint density at radius 3 is 2.71 bits per heavy atom. The van der Waals surface area contributed by atoms with Gasteiger partial charge in [0.1, 0.15) is 5.00 Å². The standard InChI is InChI=1S/C19H27NO3S/c1-2-23-19(22)17-14-9-6-10-15(14)24-18(17)20-16(21)12-11-13-7-4-3-5-8-13/h13H,2-12H2,1H3,(H,20,21). The monoisotopic (exact) mass is 349 g/mol. The number of thiophene rings is 1. The van der Waals surface area contributed by atoms with E-state index in [0.717, 1.165) is 31.2 Å². The Balaban J connectivity index is 1.63. The number of hydrogen-bond acceptors (Lipinski definition) is 4. The summed E-state index contributed by atoms with van der Waals surface area (Å²) in [6, 6.07) is 0. The van der Waals surface area contributed by atoms with E-state index in [0.29, 0.717) is 29.5 Å². The number of amides is 1. The highest BCUT2D eigenvalue weighted by molar-refractivity contribution is 7.17. The van der Waals surface area contributed by atoms with Crippen LogP contribution in [0, 0.1) is 5.92 Å². The van der Waals surface area contributed by atoms with Crippen LogP contribution >= 0.6 is 11.3 Å². The molecule has 0 spiro atoms. The molecule has 3 rings (SSSR count). The maximum Gasteiger partial charge on any atom is 0.341 e. The third kappa shape index (κ3) is 4.00. The summed E-state index contributed by atoms with van der Waals surface area (Å²) < 4.78 is 5.21. The number of aryl methyl sites for hydroxylation is 1. The minimum atomic E-state index is -0.292. The summed E-state index contributed by atoms with van der Waals surface area (Å²) in [5.74, 6) is 0.438. The van der Waals surface area contributed by atoms with Crippen molar-refractivity contribution in [3.05, 3.63) is 16.0 Å². The van der Waals surface area contributed by atoms with Gasteiger partial charge in [-0.2, -0.15) is 0 Å². The molecule has 24 heavy (non-hydrogen) atoms. The molecule has 1 N–H and O–H groups in total. The molecular formula is C19H27NO3S. The molecule has 0 radical (unpaired) electrons. The lowest BCUT2D eigenvalue weighted by Gasteiger charge is -2.20. The molecule has 1 aromatic heterocycles. The zero-order chi connectivity index (χ0) is 16.9. The van der Waals surface area contributed by atoms with Crippen LogP contribution in [0.15, 0.2) is 0 Å². The number of carbonyl (C=O) groups is 2. The van der Waals surface area contributed by atoms with Crippen LogP contribution in [0.3, 0.4) is 0 Å². The second-order valence-electron chi connectivity index (χ2n) is 6.87. The second kappa shape index (κ2) is 8.15. The fourth-order valence-corrected chi connectivity index (χ4v) is 5.21. The summed E-state index contributed by atoms with van der Waals surface area (Å²) in [5, 5.41) is 3.70. The van der Waals surface area contributed by atoms with Crippen molar-refractivity contribution in [3.63, 3.8) is 0 Å². The van der Waals surface area contributed by atoms with E-state index in [9.17, 15) is 9.59 Å². The highest BCUT2D eigenvalue weighted by Crippen LogP contribution is 2.39. The lowest BCUT2D eigenvalue weighted by atomic mass is 9.86. The number of hydrogen-bond donors (Lipinski definition) is 1. The van der Waals surface area contributed by atoms with E-state index in [-0.39, 0.29) is 11.9 Å². The van der Waals surface area contributed by atoms with Crippen LogP contribution < -0.4 is 5.32 Å². The van der Waals surface area contributed by atoms with Crippen molar-refractivity contribution in [2.24, 2.45) is 5.92 Å². The Hall–Kier alpha value is -1.36. The third-order valence-corrected chi connectivity index (χ3v) is 6.37. The molecular weight excluding hydrogens is 322 g/mol. The fraction of sp³-hybridized carbons (Fsp3) is 0.684. The molecule has 0 bridgehead atoms. The smallest absolute Gasteiger partial charge is 0.341 e. The van der Waals surface area contributed by atoms with E-state index in [4.69, 9.17) is 4.74 Å². The molecule has 0 atom stereocenters. The number of carbonyl (C=O) groups excluding carboxylic acids is 2. The molecule has 2 aliphatic rings. The van der Waals surface area contributed by atoms with Gasteiger partial charge in [0.2, 0.25) is 5.91 Å². The van der Waals surface area contributed by atoms with E-state index in [2.05, 4.69) is 5.32 Å². The van der Waals surface area contributed by atoms with Gasteiger partial charge in [0, 0.05) is 11.3 Å². The van der Waals surface area contributed by atoms with Gasteiger partial charge in [-0.25, -0.2) is 4.79 Å². The van der Waals surface area contributed by atoms with Gasteiger partial charge in [-0.15, -0.1) is 11.3 Å². The number of nitrogens with one attached hydrogen (secondary N) is 1. The normalized spacial score (nSPS) is 17.5. The van der Waals surface area contributed by atoms with Crippen LogP contribution in [-0.2, 0) is 22.4 Å². The largest absolute Gasteiger partial charge is 0.462 e. The van der Waals surface area contributed by atoms with Crippen molar-refractivity contribution in [1.82, 2.24) is 0 Å². The van der Waals surface area contributed by atoms with Gasteiger partial charge in [0.05, 0.1) is 12.2 Å². The molecule has 0 unspecified atom stereocenters. The second-order valence-corrected chi connectivity index (χ2v) is 7.98. The molecule has 0 aromatic carbocycles. The topological polar surface area (TPSA) is 55.4 Å². The minimum absolute atomic E-state index is 0.0334. The number of esters is 1. The number of anilines is 1. The Morgan fingerprint density at radius 2 is 1.96 bits per heavy atom. The van der Waals surface area contributed by atoms with Gasteiger partial charge in [-0.3, -0.25) is 4.79 Å². The Bertz CT molecular complexity index is 602.